The first-order valence-corrected chi connectivity index (χ1v) is 4.30. The van der Waals surface area contributed by atoms with Crippen LogP contribution >= 0.6 is 0 Å². The molecule has 2 radical (unpaired) electrons. The molecule has 0 saturated heterocycles. The molecule has 0 bridgehead atoms. The van der Waals surface area contributed by atoms with E-state index >= 15 is 0 Å². The fourth-order valence-electron chi connectivity index (χ4n) is 1.95. The highest BCUT2D eigenvalue weighted by atomic mass is 14.8. The van der Waals surface area contributed by atoms with Crippen molar-refractivity contribution in [2.75, 3.05) is 0 Å². The van der Waals surface area contributed by atoms with Gasteiger partial charge in [-0.25, -0.2) is 0 Å². The van der Waals surface area contributed by atoms with Crippen LogP contribution < -0.4 is 0 Å². The van der Waals surface area contributed by atoms with Crippen molar-refractivity contribution < 1.29 is 0 Å². The Balaban J connectivity index is 2.16. The molecule has 0 amide bonds. The molecule has 1 heterocycles. The molecule has 0 saturated carbocycles. The molecular weight excluding hydrogens is 133 g/mol. The quantitative estimate of drug-likeness (QED) is 0.363. The molecule has 3 atom stereocenters. The predicted octanol–water partition coefficient (Wildman–Crippen LogP) is 1.75. The van der Waals surface area contributed by atoms with Crippen LogP contribution in [0.1, 0.15) is 19.3 Å². The molecule has 2 rings (SSSR count). The Hall–Kier alpha value is -0.525. The second-order valence-electron chi connectivity index (χ2n) is 3.41. The van der Waals surface area contributed by atoms with Gasteiger partial charge >= 0.3 is 0 Å². The summed E-state index contributed by atoms with van der Waals surface area (Å²) < 4.78 is 0. The maximum absolute atomic E-state index is 5.96. The van der Waals surface area contributed by atoms with E-state index in [2.05, 4.69) is 17.1 Å². The van der Waals surface area contributed by atoms with Crippen LogP contribution in [0.2, 0.25) is 5.82 Å². The summed E-state index contributed by atoms with van der Waals surface area (Å²) in [5.74, 6) is 0.965. The Labute approximate surface area is 69.0 Å². The highest BCUT2D eigenvalue weighted by molar-refractivity contribution is 6.13. The molecule has 0 N–H and O–H groups in total. The highest BCUT2D eigenvalue weighted by Gasteiger charge is 2.28. The zero-order chi connectivity index (χ0) is 7.68. The molecular formula is C9H12BN. The Morgan fingerprint density at radius 3 is 2.82 bits per heavy atom. The van der Waals surface area contributed by atoms with Crippen molar-refractivity contribution >= 4 is 14.1 Å². The van der Waals surface area contributed by atoms with E-state index in [4.69, 9.17) is 7.85 Å². The molecule has 0 aromatic rings. The number of fused-ring (bicyclic) bond motifs is 1. The number of nitrogens with zero attached hydrogens (tertiary/aromatic N) is 1. The standard InChI is InChI=1S/C9H12BN/c10-8-5-6-11-9-4-2-1-3-7(8)9/h1-2,6-9H,3-5H2/t7-,8?,9?/m0/s1. The lowest BCUT2D eigenvalue weighted by molar-refractivity contribution is 0.381. The van der Waals surface area contributed by atoms with E-state index in [1.54, 1.807) is 0 Å². The van der Waals surface area contributed by atoms with Crippen molar-refractivity contribution in [3.8, 4) is 0 Å². The molecule has 0 spiro atoms. The Bertz CT molecular complexity index is 198. The van der Waals surface area contributed by atoms with Crippen LogP contribution in [0.5, 0.6) is 0 Å². The fraction of sp³-hybridized carbons (Fsp3) is 0.667. The van der Waals surface area contributed by atoms with E-state index in [0.717, 1.165) is 19.3 Å². The minimum absolute atomic E-state index is 0.349. The number of aliphatic imine (C=N–C) groups is 1. The zero-order valence-corrected chi connectivity index (χ0v) is 6.61. The number of hydrogen-bond acceptors (Lipinski definition) is 1. The number of hydrogen-bond donors (Lipinski definition) is 0. The molecule has 2 unspecified atom stereocenters. The first-order valence-electron chi connectivity index (χ1n) is 4.30. The molecule has 1 aliphatic carbocycles. The average molecular weight is 145 g/mol. The fourth-order valence-corrected chi connectivity index (χ4v) is 1.95. The van der Waals surface area contributed by atoms with Crippen LogP contribution in [0.4, 0.5) is 0 Å². The first-order chi connectivity index (χ1) is 5.38. The van der Waals surface area contributed by atoms with E-state index in [1.165, 1.54) is 0 Å². The van der Waals surface area contributed by atoms with E-state index < -0.39 is 0 Å². The minimum atomic E-state index is 0.349. The molecule has 0 aromatic heterocycles. The zero-order valence-electron chi connectivity index (χ0n) is 6.61. The molecule has 0 aromatic carbocycles. The maximum atomic E-state index is 5.96. The van der Waals surface area contributed by atoms with E-state index in [0.29, 0.717) is 17.8 Å². The van der Waals surface area contributed by atoms with Gasteiger partial charge < -0.3 is 0 Å². The monoisotopic (exact) mass is 145 g/mol. The van der Waals surface area contributed by atoms with E-state index in [-0.39, 0.29) is 0 Å². The summed E-state index contributed by atoms with van der Waals surface area (Å²) >= 11 is 0. The van der Waals surface area contributed by atoms with E-state index in [1.807, 2.05) is 6.21 Å². The van der Waals surface area contributed by atoms with Gasteiger partial charge in [0.25, 0.3) is 0 Å². The predicted molar refractivity (Wildman–Crippen MR) is 48.3 cm³/mol. The molecule has 2 heteroatoms. The SMILES string of the molecule is [B]C1CC=NC2CC=CC[C@@H]12. The van der Waals surface area contributed by atoms with E-state index in [9.17, 15) is 0 Å². The maximum Gasteiger partial charge on any atom is 0.0709 e. The summed E-state index contributed by atoms with van der Waals surface area (Å²) in [7, 11) is 5.96. The van der Waals surface area contributed by atoms with Gasteiger partial charge in [-0.2, -0.15) is 0 Å². The van der Waals surface area contributed by atoms with Crippen LogP contribution in [0.3, 0.4) is 0 Å². The van der Waals surface area contributed by atoms with Crippen LogP contribution in [-0.2, 0) is 0 Å². The number of allylic oxidation sites excluding steroid dienone is 1. The topological polar surface area (TPSA) is 12.4 Å². The summed E-state index contributed by atoms with van der Waals surface area (Å²) in [6.07, 6.45) is 9.64. The smallest absolute Gasteiger partial charge is 0.0709 e. The summed E-state index contributed by atoms with van der Waals surface area (Å²) in [5, 5.41) is 0. The van der Waals surface area contributed by atoms with Crippen LogP contribution in [0.25, 0.3) is 0 Å². The average Bonchev–Trinajstić information content (AvgIpc) is 2.06. The van der Waals surface area contributed by atoms with Gasteiger partial charge in [0.05, 0.1) is 13.9 Å². The summed E-state index contributed by atoms with van der Waals surface area (Å²) in [6.45, 7) is 0. The molecule has 11 heavy (non-hydrogen) atoms. The second kappa shape index (κ2) is 2.84. The highest BCUT2D eigenvalue weighted by Crippen LogP contribution is 2.34. The third kappa shape index (κ3) is 1.26. The first kappa shape index (κ1) is 7.14. The largest absolute Gasteiger partial charge is 0.294 e. The molecule has 0 fully saturated rings. The Kier molecular flexibility index (Phi) is 1.85. The second-order valence-corrected chi connectivity index (χ2v) is 3.41. The van der Waals surface area contributed by atoms with Crippen LogP contribution in [0, 0.1) is 5.92 Å². The summed E-state index contributed by atoms with van der Waals surface area (Å²) in [5.41, 5.74) is 0. The van der Waals surface area contributed by atoms with Gasteiger partial charge in [0.2, 0.25) is 0 Å². The van der Waals surface area contributed by atoms with Gasteiger partial charge in [-0.05, 0) is 31.4 Å². The van der Waals surface area contributed by atoms with Gasteiger partial charge in [0.15, 0.2) is 0 Å². The summed E-state index contributed by atoms with van der Waals surface area (Å²) in [4.78, 5) is 4.45. The lowest BCUT2D eigenvalue weighted by atomic mass is 9.67. The Morgan fingerprint density at radius 1 is 1.18 bits per heavy atom. The molecule has 2 aliphatic rings. The molecule has 56 valence electrons. The van der Waals surface area contributed by atoms with Crippen molar-refractivity contribution in [3.05, 3.63) is 12.2 Å². The molecule has 1 aliphatic heterocycles. The van der Waals surface area contributed by atoms with Gasteiger partial charge in [-0.3, -0.25) is 4.99 Å². The van der Waals surface area contributed by atoms with Crippen molar-refractivity contribution in [1.29, 1.82) is 0 Å². The van der Waals surface area contributed by atoms with Gasteiger partial charge in [-0.1, -0.05) is 18.0 Å². The lowest BCUT2D eigenvalue weighted by Gasteiger charge is -2.33. The third-order valence-electron chi connectivity index (χ3n) is 2.67. The lowest BCUT2D eigenvalue weighted by Crippen LogP contribution is -2.28. The van der Waals surface area contributed by atoms with Crippen molar-refractivity contribution in [2.24, 2.45) is 10.9 Å². The molecule has 1 nitrogen and oxygen atoms in total. The van der Waals surface area contributed by atoms with Crippen LogP contribution in [-0.4, -0.2) is 20.1 Å². The van der Waals surface area contributed by atoms with Crippen LogP contribution in [0.15, 0.2) is 17.1 Å². The third-order valence-corrected chi connectivity index (χ3v) is 2.67. The minimum Gasteiger partial charge on any atom is -0.294 e. The normalized spacial score (nSPS) is 42.0. The van der Waals surface area contributed by atoms with Crippen molar-refractivity contribution in [2.45, 2.75) is 31.1 Å². The summed E-state index contributed by atoms with van der Waals surface area (Å²) in [6, 6.07) is 0.490. The van der Waals surface area contributed by atoms with Gasteiger partial charge in [0, 0.05) is 0 Å². The van der Waals surface area contributed by atoms with Crippen molar-refractivity contribution in [1.82, 2.24) is 0 Å². The van der Waals surface area contributed by atoms with Crippen molar-refractivity contribution in [3.63, 3.8) is 0 Å². The van der Waals surface area contributed by atoms with Gasteiger partial charge in [0.1, 0.15) is 0 Å². The van der Waals surface area contributed by atoms with Gasteiger partial charge in [-0.15, -0.1) is 0 Å². The number of rotatable bonds is 0. The Morgan fingerprint density at radius 2 is 2.00 bits per heavy atom.